The number of aryl methyl sites for hydroxylation is 1. The van der Waals surface area contributed by atoms with E-state index in [4.69, 9.17) is 4.98 Å². The van der Waals surface area contributed by atoms with E-state index in [2.05, 4.69) is 71.2 Å². The summed E-state index contributed by atoms with van der Waals surface area (Å²) in [6.07, 6.45) is 4.45. The van der Waals surface area contributed by atoms with Crippen LogP contribution in [0.3, 0.4) is 0 Å². The van der Waals surface area contributed by atoms with Gasteiger partial charge in [-0.05, 0) is 56.6 Å². The molecule has 196 valence electrons. The third-order valence-electron chi connectivity index (χ3n) is 7.41. The van der Waals surface area contributed by atoms with Gasteiger partial charge < -0.3 is 15.2 Å². The van der Waals surface area contributed by atoms with Gasteiger partial charge in [0.25, 0.3) is 5.56 Å². The molecular weight excluding hydrogens is 476 g/mol. The first-order chi connectivity index (χ1) is 18.1. The number of nitrogens with zero attached hydrogens (tertiary/aromatic N) is 6. The fraction of sp³-hybridized carbons (Fsp3) is 0.379. The van der Waals surface area contributed by atoms with Gasteiger partial charge in [0.1, 0.15) is 5.39 Å². The van der Waals surface area contributed by atoms with Crippen LogP contribution in [0.1, 0.15) is 57.6 Å². The molecule has 5 aromatic rings. The van der Waals surface area contributed by atoms with E-state index in [0.717, 1.165) is 36.6 Å². The van der Waals surface area contributed by atoms with Crippen molar-refractivity contribution in [2.24, 2.45) is 7.05 Å². The highest BCUT2D eigenvalue weighted by atomic mass is 16.1. The maximum atomic E-state index is 13.4. The first-order valence-electron chi connectivity index (χ1n) is 13.2. The Morgan fingerprint density at radius 1 is 1.08 bits per heavy atom. The van der Waals surface area contributed by atoms with Crippen molar-refractivity contribution in [2.75, 3.05) is 11.9 Å². The largest absolute Gasteiger partial charge is 0.346 e. The molecule has 0 spiro atoms. The van der Waals surface area contributed by atoms with Gasteiger partial charge in [-0.15, -0.1) is 0 Å². The number of pyridine rings is 1. The molecule has 0 saturated carbocycles. The summed E-state index contributed by atoms with van der Waals surface area (Å²) in [5.41, 5.74) is 6.96. The quantitative estimate of drug-likeness (QED) is 0.363. The Labute approximate surface area is 221 Å². The number of aromatic nitrogens is 6. The Bertz CT molecular complexity index is 1750. The normalized spacial score (nSPS) is 14.0. The Morgan fingerprint density at radius 2 is 1.89 bits per heavy atom. The van der Waals surface area contributed by atoms with E-state index in [0.29, 0.717) is 17.0 Å². The van der Waals surface area contributed by atoms with Crippen LogP contribution in [0.2, 0.25) is 0 Å². The molecule has 2 N–H and O–H groups in total. The summed E-state index contributed by atoms with van der Waals surface area (Å²) in [4.78, 5) is 27.4. The van der Waals surface area contributed by atoms with Crippen LogP contribution < -0.4 is 16.2 Å². The zero-order chi connectivity index (χ0) is 26.8. The van der Waals surface area contributed by atoms with Crippen LogP contribution in [0, 0.1) is 0 Å². The van der Waals surface area contributed by atoms with Crippen molar-refractivity contribution < 1.29 is 0 Å². The Kier molecular flexibility index (Phi) is 5.64. The summed E-state index contributed by atoms with van der Waals surface area (Å²) in [6.45, 7) is 12.3. The van der Waals surface area contributed by atoms with Crippen LogP contribution in [-0.2, 0) is 25.4 Å². The summed E-state index contributed by atoms with van der Waals surface area (Å²) >= 11 is 0. The van der Waals surface area contributed by atoms with Crippen LogP contribution in [0.5, 0.6) is 0 Å². The van der Waals surface area contributed by atoms with E-state index in [1.54, 1.807) is 17.1 Å². The molecule has 0 unspecified atom stereocenters. The van der Waals surface area contributed by atoms with Crippen LogP contribution in [0.15, 0.2) is 47.5 Å². The number of hydrogen-bond acceptors (Lipinski definition) is 6. The van der Waals surface area contributed by atoms with Gasteiger partial charge in [-0.1, -0.05) is 26.8 Å². The summed E-state index contributed by atoms with van der Waals surface area (Å²) in [6, 6.07) is 10.3. The van der Waals surface area contributed by atoms with Crippen molar-refractivity contribution in [2.45, 2.75) is 59.0 Å². The monoisotopic (exact) mass is 510 g/mol. The fourth-order valence-corrected chi connectivity index (χ4v) is 5.43. The summed E-state index contributed by atoms with van der Waals surface area (Å²) in [5.74, 6) is 0.442. The Morgan fingerprint density at radius 3 is 2.66 bits per heavy atom. The molecule has 0 bridgehead atoms. The van der Waals surface area contributed by atoms with Crippen molar-refractivity contribution in [1.82, 2.24) is 34.2 Å². The molecule has 1 aromatic carbocycles. The van der Waals surface area contributed by atoms with Gasteiger partial charge in [-0.2, -0.15) is 4.98 Å². The predicted octanol–water partition coefficient (Wildman–Crippen LogP) is 4.74. The van der Waals surface area contributed by atoms with Crippen LogP contribution in [0.25, 0.3) is 27.6 Å². The van der Waals surface area contributed by atoms with E-state index < -0.39 is 0 Å². The zero-order valence-corrected chi connectivity index (χ0v) is 22.8. The van der Waals surface area contributed by atoms with Crippen LogP contribution in [-0.4, -0.2) is 35.4 Å². The minimum atomic E-state index is -0.130. The second-order valence-electron chi connectivity index (χ2n) is 11.4. The predicted molar refractivity (Wildman–Crippen MR) is 152 cm³/mol. The number of anilines is 2. The van der Waals surface area contributed by atoms with E-state index >= 15 is 0 Å². The Hall–Kier alpha value is -3.98. The second-order valence-corrected chi connectivity index (χ2v) is 11.4. The molecule has 0 atom stereocenters. The summed E-state index contributed by atoms with van der Waals surface area (Å²) < 4.78 is 5.90. The molecule has 0 saturated heterocycles. The van der Waals surface area contributed by atoms with E-state index in [-0.39, 0.29) is 17.0 Å². The topological polar surface area (TPSA) is 94.6 Å². The maximum absolute atomic E-state index is 13.4. The van der Waals surface area contributed by atoms with E-state index in [9.17, 15) is 4.79 Å². The molecular formula is C29H34N8O. The van der Waals surface area contributed by atoms with Gasteiger partial charge in [-0.25, -0.2) is 14.3 Å². The van der Waals surface area contributed by atoms with Gasteiger partial charge in [0.2, 0.25) is 5.95 Å². The molecule has 9 nitrogen and oxygen atoms in total. The molecule has 9 heteroatoms. The molecule has 1 aliphatic heterocycles. The number of nitrogens with one attached hydrogen (secondary N) is 2. The highest BCUT2D eigenvalue weighted by molar-refractivity contribution is 5.89. The fourth-order valence-electron chi connectivity index (χ4n) is 5.43. The smallest absolute Gasteiger partial charge is 0.278 e. The lowest BCUT2D eigenvalue weighted by Crippen LogP contribution is -2.24. The maximum Gasteiger partial charge on any atom is 0.278 e. The second kappa shape index (κ2) is 8.80. The lowest BCUT2D eigenvalue weighted by atomic mass is 9.91. The van der Waals surface area contributed by atoms with Gasteiger partial charge in [-0.3, -0.25) is 9.78 Å². The molecule has 5 heterocycles. The molecule has 1 aliphatic rings. The standard InChI is InChI=1S/C29H34N8O/c1-17(2)36-27(38)22-15-32-28(34-26(22)37(36)19-9-12-31-25(14-19)29(3,4)5)33-18-7-8-20-21-10-11-30-16-24(21)35(6)23(20)13-18/h7-9,12-15,17,30H,10-11,16H2,1-6H3,(H,32,33,34). The highest BCUT2D eigenvalue weighted by Gasteiger charge is 2.22. The average Bonchev–Trinajstić information content (AvgIpc) is 3.35. The van der Waals surface area contributed by atoms with Crippen molar-refractivity contribution in [3.05, 3.63) is 70.0 Å². The highest BCUT2D eigenvalue weighted by Crippen LogP contribution is 2.31. The first kappa shape index (κ1) is 24.4. The lowest BCUT2D eigenvalue weighted by Gasteiger charge is -2.20. The molecule has 0 aliphatic carbocycles. The van der Waals surface area contributed by atoms with E-state index in [1.807, 2.05) is 30.7 Å². The zero-order valence-electron chi connectivity index (χ0n) is 22.8. The van der Waals surface area contributed by atoms with Gasteiger partial charge >= 0.3 is 0 Å². The molecule has 0 radical (unpaired) electrons. The van der Waals surface area contributed by atoms with Gasteiger partial charge in [0.15, 0.2) is 5.65 Å². The van der Waals surface area contributed by atoms with Gasteiger partial charge in [0, 0.05) is 59.9 Å². The SMILES string of the molecule is CC(C)n1c(=O)c2cnc(Nc3ccc4c5c(n(C)c4c3)CNCC5)nc2n1-c1ccnc(C(C)(C)C)c1. The number of hydrogen-bond donors (Lipinski definition) is 2. The minimum absolute atomic E-state index is 0.0698. The number of benzene rings is 1. The first-order valence-corrected chi connectivity index (χ1v) is 13.2. The van der Waals surface area contributed by atoms with E-state index in [1.165, 1.54) is 22.2 Å². The summed E-state index contributed by atoms with van der Waals surface area (Å²) in [5, 5.41) is 8.62. The third-order valence-corrected chi connectivity index (χ3v) is 7.41. The average molecular weight is 511 g/mol. The molecule has 38 heavy (non-hydrogen) atoms. The Balaban J connectivity index is 1.46. The molecule has 6 rings (SSSR count). The van der Waals surface area contributed by atoms with Crippen molar-refractivity contribution in [1.29, 1.82) is 0 Å². The summed E-state index contributed by atoms with van der Waals surface area (Å²) in [7, 11) is 2.12. The van der Waals surface area contributed by atoms with Crippen molar-refractivity contribution in [3.63, 3.8) is 0 Å². The number of rotatable bonds is 4. The number of fused-ring (bicyclic) bond motifs is 4. The van der Waals surface area contributed by atoms with Crippen molar-refractivity contribution in [3.8, 4) is 5.69 Å². The van der Waals surface area contributed by atoms with Crippen LogP contribution >= 0.6 is 0 Å². The third kappa shape index (κ3) is 3.89. The lowest BCUT2D eigenvalue weighted by molar-refractivity contribution is 0.474. The molecule has 0 amide bonds. The van der Waals surface area contributed by atoms with Crippen LogP contribution in [0.4, 0.5) is 11.6 Å². The van der Waals surface area contributed by atoms with Crippen molar-refractivity contribution >= 4 is 33.6 Å². The molecule has 0 fully saturated rings. The molecule has 4 aromatic heterocycles. The minimum Gasteiger partial charge on any atom is -0.346 e. The van der Waals surface area contributed by atoms with Gasteiger partial charge in [0.05, 0.1) is 11.2 Å².